The molecule has 0 aromatic heterocycles. The number of carbonyl (C=O) groups is 3. The Morgan fingerprint density at radius 1 is 1.18 bits per heavy atom. The second-order valence-corrected chi connectivity index (χ2v) is 14.1. The van der Waals surface area contributed by atoms with Crippen molar-refractivity contribution < 1.29 is 42.3 Å². The van der Waals surface area contributed by atoms with Crippen LogP contribution < -0.4 is 16.0 Å². The van der Waals surface area contributed by atoms with E-state index < -0.39 is 51.2 Å². The lowest BCUT2D eigenvalue weighted by atomic mass is 9.48. The topological polar surface area (TPSA) is 194 Å². The molecule has 216 valence electrons. The number of nitrogens with one attached hydrogen (secondary N) is 3. The van der Waals surface area contributed by atoms with Gasteiger partial charge in [0.2, 0.25) is 11.8 Å². The van der Waals surface area contributed by atoms with Crippen LogP contribution in [0.25, 0.3) is 0 Å². The molecule has 5 fully saturated rings. The molecule has 5 unspecified atom stereocenters. The molecule has 3 amide bonds. The van der Waals surface area contributed by atoms with E-state index in [0.717, 1.165) is 32.1 Å². The van der Waals surface area contributed by atoms with E-state index >= 15 is 0 Å². The van der Waals surface area contributed by atoms with Gasteiger partial charge >= 0.3 is 6.09 Å². The fourth-order valence-electron chi connectivity index (χ4n) is 7.58. The highest BCUT2D eigenvalue weighted by Crippen LogP contribution is 2.61. The first-order valence-electron chi connectivity index (χ1n) is 13.5. The highest BCUT2D eigenvalue weighted by Gasteiger charge is 2.57. The van der Waals surface area contributed by atoms with Gasteiger partial charge < -0.3 is 35.5 Å². The quantitative estimate of drug-likeness (QED) is 0.222. The van der Waals surface area contributed by atoms with Gasteiger partial charge in [-0.2, -0.15) is 0 Å². The SMILES string of the molecule is CC(C)C[C@H](NC(=O)OCC12CC3CC(CC(O)(C3)C1)C2)C(=O)NC(CC1CCNC1=O)C(O)S(=O)(=O)[O-]. The van der Waals surface area contributed by atoms with E-state index in [1.54, 1.807) is 0 Å². The molecule has 5 aliphatic rings. The fourth-order valence-corrected chi connectivity index (χ4v) is 8.17. The van der Waals surface area contributed by atoms with Gasteiger partial charge in [-0.25, -0.2) is 13.2 Å². The predicted molar refractivity (Wildman–Crippen MR) is 133 cm³/mol. The zero-order valence-electron chi connectivity index (χ0n) is 22.0. The molecule has 5 N–H and O–H groups in total. The zero-order chi connectivity index (χ0) is 27.9. The Labute approximate surface area is 223 Å². The largest absolute Gasteiger partial charge is 0.746 e. The number of alkyl carbamates (subject to hydrolysis) is 1. The van der Waals surface area contributed by atoms with Crippen molar-refractivity contribution in [1.82, 2.24) is 16.0 Å². The maximum atomic E-state index is 13.2. The Kier molecular flexibility index (Phi) is 8.33. The number of ether oxygens (including phenoxy) is 1. The minimum Gasteiger partial charge on any atom is -0.746 e. The summed E-state index contributed by atoms with van der Waals surface area (Å²) < 4.78 is 40.2. The van der Waals surface area contributed by atoms with Crippen LogP contribution in [0.2, 0.25) is 0 Å². The van der Waals surface area contributed by atoms with Gasteiger partial charge in [-0.1, -0.05) is 13.8 Å². The smallest absolute Gasteiger partial charge is 0.407 e. The van der Waals surface area contributed by atoms with E-state index in [1.807, 2.05) is 13.8 Å². The van der Waals surface area contributed by atoms with Crippen LogP contribution in [-0.4, -0.2) is 77.4 Å². The van der Waals surface area contributed by atoms with E-state index in [1.165, 1.54) is 0 Å². The third kappa shape index (κ3) is 6.78. The summed E-state index contributed by atoms with van der Waals surface area (Å²) >= 11 is 0. The number of aliphatic hydroxyl groups excluding tert-OH is 1. The van der Waals surface area contributed by atoms with E-state index in [4.69, 9.17) is 4.74 Å². The summed E-state index contributed by atoms with van der Waals surface area (Å²) in [5.74, 6) is -1.01. The van der Waals surface area contributed by atoms with Crippen molar-refractivity contribution in [2.75, 3.05) is 13.2 Å². The molecule has 38 heavy (non-hydrogen) atoms. The normalized spacial score (nSPS) is 34.5. The van der Waals surface area contributed by atoms with Crippen LogP contribution in [0.5, 0.6) is 0 Å². The van der Waals surface area contributed by atoms with Crippen molar-refractivity contribution in [3.05, 3.63) is 0 Å². The average Bonchev–Trinajstić information content (AvgIpc) is 3.18. The fraction of sp³-hybridized carbons (Fsp3) is 0.880. The van der Waals surface area contributed by atoms with Gasteiger partial charge in [0.15, 0.2) is 5.44 Å². The Bertz CT molecular complexity index is 1020. The number of hydrogen-bond acceptors (Lipinski definition) is 9. The molecule has 5 rings (SSSR count). The van der Waals surface area contributed by atoms with Gasteiger partial charge in [0, 0.05) is 17.9 Å². The van der Waals surface area contributed by atoms with Gasteiger partial charge in [-0.3, -0.25) is 9.59 Å². The summed E-state index contributed by atoms with van der Waals surface area (Å²) in [6.07, 6.45) is 4.58. The number of rotatable bonds is 11. The summed E-state index contributed by atoms with van der Waals surface area (Å²) in [6.45, 7) is 4.17. The molecule has 4 aliphatic carbocycles. The van der Waals surface area contributed by atoms with Crippen LogP contribution in [0.4, 0.5) is 4.79 Å². The van der Waals surface area contributed by atoms with Crippen molar-refractivity contribution >= 4 is 28.0 Å². The molecule has 1 heterocycles. The Hall–Kier alpha value is -1.96. The minimum absolute atomic E-state index is 0.0457. The van der Waals surface area contributed by atoms with E-state index in [2.05, 4.69) is 16.0 Å². The van der Waals surface area contributed by atoms with Crippen LogP contribution in [0, 0.1) is 29.1 Å². The number of carbonyl (C=O) groups excluding carboxylic acids is 3. The van der Waals surface area contributed by atoms with Crippen LogP contribution in [0.3, 0.4) is 0 Å². The van der Waals surface area contributed by atoms with Gasteiger partial charge in [-0.15, -0.1) is 0 Å². The monoisotopic (exact) mass is 558 g/mol. The van der Waals surface area contributed by atoms with Crippen molar-refractivity contribution in [3.8, 4) is 0 Å². The molecule has 4 saturated carbocycles. The van der Waals surface area contributed by atoms with Crippen molar-refractivity contribution in [1.29, 1.82) is 0 Å². The first-order valence-corrected chi connectivity index (χ1v) is 15.0. The van der Waals surface area contributed by atoms with E-state index in [9.17, 15) is 37.6 Å². The standard InChI is InChI=1S/C25H41N3O9S/c1-14(2)5-18(21(30)27-19(22(31)38(34,35)36)7-17-3-4-26-20(17)29)28-23(32)37-13-24-8-15-6-16(9-24)11-25(33,10-15)12-24/h14-19,22,31,33H,3-13H2,1-2H3,(H,26,29)(H,27,30)(H,28,32)(H,34,35,36)/p-1/t15?,16?,17?,18-,19?,22?,24?,25?/m0/s1. The van der Waals surface area contributed by atoms with Crippen molar-refractivity contribution in [2.24, 2.45) is 29.1 Å². The Balaban J connectivity index is 1.39. The van der Waals surface area contributed by atoms with Crippen LogP contribution >= 0.6 is 0 Å². The molecule has 13 heteroatoms. The van der Waals surface area contributed by atoms with Crippen LogP contribution in [-0.2, 0) is 24.4 Å². The van der Waals surface area contributed by atoms with Gasteiger partial charge in [0.05, 0.1) is 18.2 Å². The third-order valence-corrected chi connectivity index (χ3v) is 9.57. The lowest BCUT2D eigenvalue weighted by Crippen LogP contribution is -2.57. The number of hydrogen-bond donors (Lipinski definition) is 5. The molecular formula is C25H40N3O9S-. The second kappa shape index (κ2) is 10.9. The molecule has 4 bridgehead atoms. The van der Waals surface area contributed by atoms with E-state index in [-0.39, 0.29) is 36.7 Å². The van der Waals surface area contributed by atoms with Crippen LogP contribution in [0.1, 0.15) is 71.6 Å². The second-order valence-electron chi connectivity index (χ2n) is 12.6. The molecule has 1 saturated heterocycles. The molecular weight excluding hydrogens is 518 g/mol. The highest BCUT2D eigenvalue weighted by molar-refractivity contribution is 7.86. The van der Waals surface area contributed by atoms with Gasteiger partial charge in [0.1, 0.15) is 16.2 Å². The summed E-state index contributed by atoms with van der Waals surface area (Å²) in [4.78, 5) is 37.9. The maximum Gasteiger partial charge on any atom is 0.407 e. The Morgan fingerprint density at radius 2 is 1.84 bits per heavy atom. The van der Waals surface area contributed by atoms with E-state index in [0.29, 0.717) is 31.2 Å². The third-order valence-electron chi connectivity index (χ3n) is 8.65. The summed E-state index contributed by atoms with van der Waals surface area (Å²) in [6, 6.07) is -2.65. The molecule has 0 aromatic rings. The van der Waals surface area contributed by atoms with Gasteiger partial charge in [0.25, 0.3) is 0 Å². The van der Waals surface area contributed by atoms with Crippen molar-refractivity contribution in [3.63, 3.8) is 0 Å². The molecule has 12 nitrogen and oxygen atoms in total. The highest BCUT2D eigenvalue weighted by atomic mass is 32.2. The number of amides is 3. The zero-order valence-corrected chi connectivity index (χ0v) is 22.8. The summed E-state index contributed by atoms with van der Waals surface area (Å²) in [5, 5.41) is 28.6. The van der Waals surface area contributed by atoms with Crippen molar-refractivity contribution in [2.45, 2.75) is 94.8 Å². The first-order chi connectivity index (χ1) is 17.7. The summed E-state index contributed by atoms with van der Waals surface area (Å²) in [7, 11) is -5.19. The first kappa shape index (κ1) is 29.0. The maximum absolute atomic E-state index is 13.2. The van der Waals surface area contributed by atoms with Gasteiger partial charge in [-0.05, 0) is 75.5 Å². The lowest BCUT2D eigenvalue weighted by Gasteiger charge is -2.59. The lowest BCUT2D eigenvalue weighted by molar-refractivity contribution is -0.175. The molecule has 6 atom stereocenters. The molecule has 1 aliphatic heterocycles. The summed E-state index contributed by atoms with van der Waals surface area (Å²) in [5.41, 5.74) is -3.42. The Morgan fingerprint density at radius 3 is 2.37 bits per heavy atom. The number of aliphatic hydroxyl groups is 2. The molecule has 0 spiro atoms. The minimum atomic E-state index is -5.19. The predicted octanol–water partition coefficient (Wildman–Crippen LogP) is 0.333. The van der Waals surface area contributed by atoms with Crippen LogP contribution in [0.15, 0.2) is 0 Å². The molecule has 0 radical (unpaired) electrons. The average molecular weight is 559 g/mol. The molecule has 0 aromatic carbocycles.